The Bertz CT molecular complexity index is 1390. The Morgan fingerprint density at radius 3 is 2.15 bits per heavy atom. The van der Waals surface area contributed by atoms with Gasteiger partial charge in [0.1, 0.15) is 12.6 Å². The highest BCUT2D eigenvalue weighted by Gasteiger charge is 2.33. The van der Waals surface area contributed by atoms with E-state index in [-0.39, 0.29) is 12.5 Å². The minimum Gasteiger partial charge on any atom is -0.354 e. The van der Waals surface area contributed by atoms with Crippen LogP contribution in [0.2, 0.25) is 0 Å². The zero-order chi connectivity index (χ0) is 28.6. The van der Waals surface area contributed by atoms with Crippen molar-refractivity contribution in [2.75, 3.05) is 23.7 Å². The summed E-state index contributed by atoms with van der Waals surface area (Å²) >= 11 is 0. The van der Waals surface area contributed by atoms with E-state index >= 15 is 0 Å². The highest BCUT2D eigenvalue weighted by atomic mass is 32.2. The first-order valence-corrected chi connectivity index (χ1v) is 15.1. The lowest BCUT2D eigenvalue weighted by Gasteiger charge is -2.34. The molecule has 0 saturated heterocycles. The smallest absolute Gasteiger partial charge is 0.244 e. The van der Waals surface area contributed by atoms with Crippen LogP contribution in [-0.4, -0.2) is 50.5 Å². The van der Waals surface area contributed by atoms with E-state index in [1.165, 1.54) is 4.90 Å². The second-order valence-electron chi connectivity index (χ2n) is 9.93. The van der Waals surface area contributed by atoms with Crippen molar-refractivity contribution < 1.29 is 18.0 Å². The average Bonchev–Trinajstić information content (AvgIpc) is 2.90. The third kappa shape index (κ3) is 7.93. The molecule has 3 aromatic rings. The van der Waals surface area contributed by atoms with Gasteiger partial charge >= 0.3 is 0 Å². The lowest BCUT2D eigenvalue weighted by Crippen LogP contribution is -2.53. The summed E-state index contributed by atoms with van der Waals surface area (Å²) in [7, 11) is -3.80. The fraction of sp³-hybridized carbons (Fsp3) is 0.355. The number of aryl methyl sites for hydroxylation is 2. The zero-order valence-corrected chi connectivity index (χ0v) is 24.3. The minimum atomic E-state index is -3.80. The Hall–Kier alpha value is -3.65. The number of hydrogen-bond acceptors (Lipinski definition) is 4. The molecule has 39 heavy (non-hydrogen) atoms. The second kappa shape index (κ2) is 13.4. The third-order valence-corrected chi connectivity index (χ3v) is 8.07. The van der Waals surface area contributed by atoms with E-state index in [1.807, 2.05) is 88.4 Å². The van der Waals surface area contributed by atoms with Crippen molar-refractivity contribution in [3.63, 3.8) is 0 Å². The first-order valence-electron chi connectivity index (χ1n) is 13.2. The number of anilines is 1. The summed E-state index contributed by atoms with van der Waals surface area (Å²) in [5.41, 5.74) is 4.94. The Morgan fingerprint density at radius 1 is 0.872 bits per heavy atom. The number of nitrogens with zero attached hydrogens (tertiary/aromatic N) is 2. The van der Waals surface area contributed by atoms with Gasteiger partial charge in [-0.2, -0.15) is 0 Å². The highest BCUT2D eigenvalue weighted by molar-refractivity contribution is 7.92. The molecule has 1 N–H and O–H groups in total. The van der Waals surface area contributed by atoms with Gasteiger partial charge in [0.05, 0.1) is 11.9 Å². The van der Waals surface area contributed by atoms with Crippen LogP contribution in [0.1, 0.15) is 41.2 Å². The molecule has 0 bridgehead atoms. The number of amides is 2. The maximum atomic E-state index is 14.1. The monoisotopic (exact) mass is 549 g/mol. The molecule has 7 nitrogen and oxygen atoms in total. The van der Waals surface area contributed by atoms with E-state index in [0.717, 1.165) is 44.8 Å². The highest BCUT2D eigenvalue weighted by Crippen LogP contribution is 2.26. The number of nitrogens with one attached hydrogen (secondary N) is 1. The van der Waals surface area contributed by atoms with Crippen LogP contribution in [0.4, 0.5) is 5.69 Å². The summed E-state index contributed by atoms with van der Waals surface area (Å²) in [6.45, 7) is 7.91. The summed E-state index contributed by atoms with van der Waals surface area (Å²) < 4.78 is 27.1. The summed E-state index contributed by atoms with van der Waals surface area (Å²) in [6.07, 6.45) is 2.16. The molecule has 0 fully saturated rings. The van der Waals surface area contributed by atoms with Crippen LogP contribution in [0.15, 0.2) is 72.8 Å². The summed E-state index contributed by atoms with van der Waals surface area (Å²) in [5, 5.41) is 2.96. The van der Waals surface area contributed by atoms with E-state index in [4.69, 9.17) is 0 Å². The molecule has 2 amide bonds. The van der Waals surface area contributed by atoms with Crippen LogP contribution in [-0.2, 0) is 32.6 Å². The van der Waals surface area contributed by atoms with Crippen molar-refractivity contribution in [2.24, 2.45) is 0 Å². The Labute approximate surface area is 232 Å². The molecule has 0 heterocycles. The summed E-state index contributed by atoms with van der Waals surface area (Å²) in [5.74, 6) is -0.711. The SMILES string of the molecule is CCCNC(=O)[C@@H](Cc1ccccc1)N(Cc1ccccc1C)C(=O)CN(c1cccc(C)c1C)S(C)(=O)=O. The second-order valence-corrected chi connectivity index (χ2v) is 11.8. The summed E-state index contributed by atoms with van der Waals surface area (Å²) in [6, 6.07) is 21.8. The number of sulfonamides is 1. The molecule has 0 aliphatic heterocycles. The average molecular weight is 550 g/mol. The van der Waals surface area contributed by atoms with E-state index < -0.39 is 28.5 Å². The number of hydrogen-bond donors (Lipinski definition) is 1. The molecule has 0 aliphatic rings. The molecule has 0 aromatic heterocycles. The number of benzene rings is 3. The number of rotatable bonds is 12. The molecular weight excluding hydrogens is 510 g/mol. The Kier molecular flexibility index (Phi) is 10.3. The van der Waals surface area contributed by atoms with Crippen molar-refractivity contribution in [1.29, 1.82) is 0 Å². The Balaban J connectivity index is 2.08. The van der Waals surface area contributed by atoms with Crippen LogP contribution < -0.4 is 9.62 Å². The molecule has 1 atom stereocenters. The normalized spacial score (nSPS) is 12.0. The van der Waals surface area contributed by atoms with Gasteiger partial charge in [0, 0.05) is 19.5 Å². The van der Waals surface area contributed by atoms with Crippen LogP contribution in [0.5, 0.6) is 0 Å². The summed E-state index contributed by atoms with van der Waals surface area (Å²) in [4.78, 5) is 29.2. The maximum absolute atomic E-state index is 14.1. The van der Waals surface area contributed by atoms with Gasteiger partial charge in [-0.05, 0) is 61.1 Å². The van der Waals surface area contributed by atoms with Gasteiger partial charge in [-0.3, -0.25) is 13.9 Å². The quantitative estimate of drug-likeness (QED) is 0.359. The van der Waals surface area contributed by atoms with Crippen LogP contribution in [0.3, 0.4) is 0 Å². The first-order chi connectivity index (χ1) is 18.5. The molecule has 0 saturated carbocycles. The molecule has 208 valence electrons. The zero-order valence-electron chi connectivity index (χ0n) is 23.5. The van der Waals surface area contributed by atoms with E-state index in [0.29, 0.717) is 18.7 Å². The van der Waals surface area contributed by atoms with Crippen LogP contribution >= 0.6 is 0 Å². The van der Waals surface area contributed by atoms with Crippen molar-refractivity contribution in [3.8, 4) is 0 Å². The van der Waals surface area contributed by atoms with Crippen LogP contribution in [0, 0.1) is 20.8 Å². The third-order valence-electron chi connectivity index (χ3n) is 6.95. The molecule has 8 heteroatoms. The van der Waals surface area contributed by atoms with E-state index in [9.17, 15) is 18.0 Å². The van der Waals surface area contributed by atoms with Gasteiger partial charge in [-0.1, -0.05) is 73.7 Å². The van der Waals surface area contributed by atoms with Gasteiger partial charge in [-0.25, -0.2) is 8.42 Å². The molecule has 0 aliphatic carbocycles. The molecule has 3 aromatic carbocycles. The van der Waals surface area contributed by atoms with Gasteiger partial charge in [-0.15, -0.1) is 0 Å². The Morgan fingerprint density at radius 2 is 1.51 bits per heavy atom. The topological polar surface area (TPSA) is 86.8 Å². The first kappa shape index (κ1) is 29.9. The van der Waals surface area contributed by atoms with Gasteiger partial charge in [0.2, 0.25) is 21.8 Å². The lowest BCUT2D eigenvalue weighted by molar-refractivity contribution is -0.140. The minimum absolute atomic E-state index is 0.174. The lowest BCUT2D eigenvalue weighted by atomic mass is 10.0. The van der Waals surface area contributed by atoms with Crippen molar-refractivity contribution in [3.05, 3.63) is 101 Å². The van der Waals surface area contributed by atoms with E-state index in [1.54, 1.807) is 12.1 Å². The molecule has 3 rings (SSSR count). The molecule has 0 radical (unpaired) electrons. The molecular formula is C31H39N3O4S. The molecule has 0 spiro atoms. The van der Waals surface area contributed by atoms with Crippen molar-refractivity contribution in [1.82, 2.24) is 10.2 Å². The number of carbonyl (C=O) groups is 2. The predicted octanol–water partition coefficient (Wildman–Crippen LogP) is 4.54. The van der Waals surface area contributed by atoms with E-state index in [2.05, 4.69) is 5.32 Å². The van der Waals surface area contributed by atoms with Gasteiger partial charge < -0.3 is 10.2 Å². The van der Waals surface area contributed by atoms with Gasteiger partial charge in [0.25, 0.3) is 0 Å². The molecule has 0 unspecified atom stereocenters. The van der Waals surface area contributed by atoms with Crippen LogP contribution in [0.25, 0.3) is 0 Å². The standard InChI is InChI=1S/C31H39N3O4S/c1-6-19-32-31(36)29(20-26-15-8-7-9-16-26)33(21-27-17-11-10-13-24(27)3)30(35)22-34(39(5,37)38)28-18-12-14-23(2)25(28)4/h7-18,29H,6,19-22H2,1-5H3,(H,32,36)/t29-/m1/s1. The van der Waals surface area contributed by atoms with Gasteiger partial charge in [0.15, 0.2) is 0 Å². The van der Waals surface area contributed by atoms with Crippen molar-refractivity contribution >= 4 is 27.5 Å². The fourth-order valence-corrected chi connectivity index (χ4v) is 5.39. The maximum Gasteiger partial charge on any atom is 0.244 e. The predicted molar refractivity (Wildman–Crippen MR) is 157 cm³/mol. The largest absolute Gasteiger partial charge is 0.354 e. The van der Waals surface area contributed by atoms with Crippen molar-refractivity contribution in [2.45, 2.75) is 53.1 Å². The number of carbonyl (C=O) groups excluding carboxylic acids is 2. The fourth-order valence-electron chi connectivity index (χ4n) is 4.49.